The van der Waals surface area contributed by atoms with Gasteiger partial charge >= 0.3 is 0 Å². The summed E-state index contributed by atoms with van der Waals surface area (Å²) in [5, 5.41) is 10.2. The summed E-state index contributed by atoms with van der Waals surface area (Å²) in [5.41, 5.74) is 0.633. The molecular formula is C10H10BrNO4. The Kier molecular flexibility index (Phi) is 4.30. The van der Waals surface area contributed by atoms with Gasteiger partial charge in [-0.15, -0.1) is 0 Å². The van der Waals surface area contributed by atoms with Crippen LogP contribution in [-0.4, -0.2) is 19.1 Å². The maximum Gasteiger partial charge on any atom is 0.235 e. The van der Waals surface area contributed by atoms with Crippen LogP contribution in [0.5, 0.6) is 11.5 Å². The first kappa shape index (κ1) is 12.5. The fraction of sp³-hybridized carbons (Fsp3) is 0.200. The van der Waals surface area contributed by atoms with Gasteiger partial charge in [0.2, 0.25) is 6.20 Å². The quantitative estimate of drug-likeness (QED) is 0.631. The average molecular weight is 288 g/mol. The molecule has 0 spiro atoms. The summed E-state index contributed by atoms with van der Waals surface area (Å²) in [6.07, 6.45) is 2.24. The van der Waals surface area contributed by atoms with Crippen LogP contribution in [0.25, 0.3) is 6.08 Å². The SMILES string of the molecule is COc1cc(/C=C/[N+](=O)[O-])cc(OC)c1Br. The highest BCUT2D eigenvalue weighted by Gasteiger charge is 2.08. The largest absolute Gasteiger partial charge is 0.495 e. The molecule has 0 radical (unpaired) electrons. The lowest BCUT2D eigenvalue weighted by Gasteiger charge is -2.09. The topological polar surface area (TPSA) is 61.6 Å². The molecule has 0 heterocycles. The smallest absolute Gasteiger partial charge is 0.235 e. The molecule has 0 amide bonds. The lowest BCUT2D eigenvalue weighted by molar-refractivity contribution is -0.400. The maximum absolute atomic E-state index is 10.2. The molecular weight excluding hydrogens is 278 g/mol. The predicted octanol–water partition coefficient (Wildman–Crippen LogP) is 2.71. The highest BCUT2D eigenvalue weighted by Crippen LogP contribution is 2.35. The summed E-state index contributed by atoms with van der Waals surface area (Å²) in [5.74, 6) is 1.12. The van der Waals surface area contributed by atoms with E-state index < -0.39 is 4.92 Å². The Labute approximate surface area is 101 Å². The second kappa shape index (κ2) is 5.50. The number of benzene rings is 1. The number of nitrogens with zero attached hydrogens (tertiary/aromatic N) is 1. The third-order valence-electron chi connectivity index (χ3n) is 1.86. The molecule has 0 saturated carbocycles. The van der Waals surface area contributed by atoms with E-state index in [1.807, 2.05) is 0 Å². The summed E-state index contributed by atoms with van der Waals surface area (Å²) in [4.78, 5) is 9.67. The van der Waals surface area contributed by atoms with Gasteiger partial charge in [-0.3, -0.25) is 10.1 Å². The Morgan fingerprint density at radius 1 is 1.31 bits per heavy atom. The third-order valence-corrected chi connectivity index (χ3v) is 2.64. The van der Waals surface area contributed by atoms with Crippen molar-refractivity contribution >= 4 is 22.0 Å². The van der Waals surface area contributed by atoms with Crippen LogP contribution in [0.1, 0.15) is 5.56 Å². The van der Waals surface area contributed by atoms with Gasteiger partial charge in [0.1, 0.15) is 16.0 Å². The molecule has 86 valence electrons. The summed E-state index contributed by atoms with van der Waals surface area (Å²) in [7, 11) is 3.03. The van der Waals surface area contributed by atoms with Gasteiger partial charge in [-0.2, -0.15) is 0 Å². The Hall–Kier alpha value is -1.56. The molecule has 0 aliphatic carbocycles. The molecule has 6 heteroatoms. The zero-order chi connectivity index (χ0) is 12.1. The van der Waals surface area contributed by atoms with Gasteiger partial charge in [0.15, 0.2) is 0 Å². The standard InChI is InChI=1S/C10H10BrNO4/c1-15-8-5-7(3-4-12(13)14)6-9(16-2)10(8)11/h3-6H,1-2H3/b4-3+. The van der Waals surface area contributed by atoms with E-state index in [1.165, 1.54) is 20.3 Å². The summed E-state index contributed by atoms with van der Waals surface area (Å²) in [6.45, 7) is 0. The molecule has 0 saturated heterocycles. The van der Waals surface area contributed by atoms with Crippen LogP contribution >= 0.6 is 15.9 Å². The van der Waals surface area contributed by atoms with Crippen LogP contribution < -0.4 is 9.47 Å². The molecule has 0 aliphatic rings. The second-order valence-corrected chi connectivity index (χ2v) is 3.63. The maximum atomic E-state index is 10.2. The molecule has 5 nitrogen and oxygen atoms in total. The zero-order valence-corrected chi connectivity index (χ0v) is 10.4. The molecule has 0 N–H and O–H groups in total. The molecule has 0 fully saturated rings. The Balaban J connectivity index is 3.16. The van der Waals surface area contributed by atoms with Gasteiger partial charge in [0, 0.05) is 6.08 Å². The van der Waals surface area contributed by atoms with Crippen molar-refractivity contribution in [2.45, 2.75) is 0 Å². The first-order chi connectivity index (χ1) is 7.58. The number of hydrogen-bond donors (Lipinski definition) is 0. The lowest BCUT2D eigenvalue weighted by atomic mass is 10.2. The number of rotatable bonds is 4. The molecule has 1 aromatic carbocycles. The van der Waals surface area contributed by atoms with Crippen LogP contribution in [0.15, 0.2) is 22.8 Å². The fourth-order valence-electron chi connectivity index (χ4n) is 1.13. The van der Waals surface area contributed by atoms with E-state index in [9.17, 15) is 10.1 Å². The van der Waals surface area contributed by atoms with Crippen molar-refractivity contribution < 1.29 is 14.4 Å². The van der Waals surface area contributed by atoms with E-state index >= 15 is 0 Å². The Morgan fingerprint density at radius 3 is 2.19 bits per heavy atom. The first-order valence-corrected chi connectivity index (χ1v) is 5.11. The molecule has 0 aromatic heterocycles. The van der Waals surface area contributed by atoms with Gasteiger partial charge in [0.05, 0.1) is 19.1 Å². The summed E-state index contributed by atoms with van der Waals surface area (Å²) in [6, 6.07) is 3.35. The molecule has 1 aromatic rings. The Bertz CT molecular complexity index is 406. The van der Waals surface area contributed by atoms with Crippen molar-refractivity contribution in [2.75, 3.05) is 14.2 Å². The summed E-state index contributed by atoms with van der Waals surface area (Å²) >= 11 is 3.31. The van der Waals surface area contributed by atoms with Crippen LogP contribution in [0.2, 0.25) is 0 Å². The number of hydrogen-bond acceptors (Lipinski definition) is 4. The number of methoxy groups -OCH3 is 2. The van der Waals surface area contributed by atoms with E-state index in [0.717, 1.165) is 6.20 Å². The van der Waals surface area contributed by atoms with Gasteiger partial charge in [-0.05, 0) is 33.6 Å². The van der Waals surface area contributed by atoms with Crippen LogP contribution in [0.4, 0.5) is 0 Å². The normalized spacial score (nSPS) is 10.4. The molecule has 0 atom stereocenters. The highest BCUT2D eigenvalue weighted by molar-refractivity contribution is 9.10. The van der Waals surface area contributed by atoms with Gasteiger partial charge in [-0.1, -0.05) is 0 Å². The van der Waals surface area contributed by atoms with Gasteiger partial charge in [-0.25, -0.2) is 0 Å². The molecule has 1 rings (SSSR count). The minimum atomic E-state index is -0.527. The van der Waals surface area contributed by atoms with E-state index in [1.54, 1.807) is 12.1 Å². The zero-order valence-electron chi connectivity index (χ0n) is 8.77. The number of halogens is 1. The van der Waals surface area contributed by atoms with E-state index in [0.29, 0.717) is 21.5 Å². The minimum absolute atomic E-state index is 0.527. The third kappa shape index (κ3) is 2.96. The predicted molar refractivity (Wildman–Crippen MR) is 63.3 cm³/mol. The van der Waals surface area contributed by atoms with E-state index in [-0.39, 0.29) is 0 Å². The van der Waals surface area contributed by atoms with Crippen molar-refractivity contribution in [1.82, 2.24) is 0 Å². The average Bonchev–Trinajstić information content (AvgIpc) is 2.27. The highest BCUT2D eigenvalue weighted by atomic mass is 79.9. The lowest BCUT2D eigenvalue weighted by Crippen LogP contribution is -1.91. The molecule has 16 heavy (non-hydrogen) atoms. The van der Waals surface area contributed by atoms with Crippen LogP contribution in [-0.2, 0) is 0 Å². The summed E-state index contributed by atoms with van der Waals surface area (Å²) < 4.78 is 10.9. The van der Waals surface area contributed by atoms with Crippen LogP contribution in [0, 0.1) is 10.1 Å². The monoisotopic (exact) mass is 287 g/mol. The van der Waals surface area contributed by atoms with Crippen molar-refractivity contribution in [3.63, 3.8) is 0 Å². The van der Waals surface area contributed by atoms with Gasteiger partial charge in [0.25, 0.3) is 0 Å². The van der Waals surface area contributed by atoms with E-state index in [2.05, 4.69) is 15.9 Å². The molecule has 0 aliphatic heterocycles. The van der Waals surface area contributed by atoms with E-state index in [4.69, 9.17) is 9.47 Å². The Morgan fingerprint density at radius 2 is 1.81 bits per heavy atom. The number of ether oxygens (including phenoxy) is 2. The van der Waals surface area contributed by atoms with Crippen molar-refractivity contribution in [2.24, 2.45) is 0 Å². The van der Waals surface area contributed by atoms with Gasteiger partial charge < -0.3 is 9.47 Å². The number of nitro groups is 1. The van der Waals surface area contributed by atoms with Crippen LogP contribution in [0.3, 0.4) is 0 Å². The van der Waals surface area contributed by atoms with Crippen molar-refractivity contribution in [3.05, 3.63) is 38.5 Å². The fourth-order valence-corrected chi connectivity index (χ4v) is 1.69. The van der Waals surface area contributed by atoms with Crippen molar-refractivity contribution in [1.29, 1.82) is 0 Å². The van der Waals surface area contributed by atoms with Crippen molar-refractivity contribution in [3.8, 4) is 11.5 Å². The molecule has 0 bridgehead atoms. The minimum Gasteiger partial charge on any atom is -0.495 e. The second-order valence-electron chi connectivity index (χ2n) is 2.84. The first-order valence-electron chi connectivity index (χ1n) is 4.31. The molecule has 0 unspecified atom stereocenters.